The van der Waals surface area contributed by atoms with Gasteiger partial charge >= 0.3 is 5.97 Å². The Morgan fingerprint density at radius 2 is 1.72 bits per heavy atom. The predicted molar refractivity (Wildman–Crippen MR) is 113 cm³/mol. The quantitative estimate of drug-likeness (QED) is 0.562. The third-order valence-electron chi connectivity index (χ3n) is 3.87. The van der Waals surface area contributed by atoms with Crippen LogP contribution in [0.5, 0.6) is 0 Å². The first kappa shape index (κ1) is 23.1. The van der Waals surface area contributed by atoms with Gasteiger partial charge in [-0.05, 0) is 60.5 Å². The second-order valence-electron chi connectivity index (χ2n) is 6.69. The van der Waals surface area contributed by atoms with Crippen LogP contribution >= 0.6 is 15.9 Å². The Kier molecular flexibility index (Phi) is 7.95. The van der Waals surface area contributed by atoms with Crippen LogP contribution in [-0.2, 0) is 19.6 Å². The molecule has 29 heavy (non-hydrogen) atoms. The van der Waals surface area contributed by atoms with Crippen LogP contribution in [0, 0.1) is 0 Å². The number of hydrogen-bond donors (Lipinski definition) is 2. The van der Waals surface area contributed by atoms with Gasteiger partial charge in [0.15, 0.2) is 6.61 Å². The summed E-state index contributed by atoms with van der Waals surface area (Å²) in [5.74, 6) is -1.27. The van der Waals surface area contributed by atoms with Crippen LogP contribution in [0.25, 0.3) is 0 Å². The fraction of sp³-hybridized carbons (Fsp3) is 0.300. The number of benzene rings is 2. The summed E-state index contributed by atoms with van der Waals surface area (Å²) in [6.07, 6.45) is 0. The molecule has 2 N–H and O–H groups in total. The molecule has 0 spiro atoms. The number of hydrogen-bond acceptors (Lipinski definition) is 5. The van der Waals surface area contributed by atoms with E-state index in [-0.39, 0.29) is 22.5 Å². The Labute approximate surface area is 179 Å². The van der Waals surface area contributed by atoms with Gasteiger partial charge in [0, 0.05) is 10.5 Å². The molecular weight excluding hydrogens is 460 g/mol. The number of halogens is 1. The van der Waals surface area contributed by atoms with Crippen LogP contribution in [-0.4, -0.2) is 32.9 Å². The smallest absolute Gasteiger partial charge is 0.339 e. The third-order valence-corrected chi connectivity index (χ3v) is 6.22. The van der Waals surface area contributed by atoms with Gasteiger partial charge in [0.05, 0.1) is 16.5 Å². The standard InChI is InChI=1S/C20H23BrN2O5S/c1-13(2)23-29(26,27)16-9-10-18(21)17(11-16)20(25)28-12-19(24)22-14(3)15-7-5-4-6-8-15/h4-11,13-14,23H,12H2,1-3H3,(H,22,24)/t14-/m1/s1. The van der Waals surface area contributed by atoms with Crippen molar-refractivity contribution >= 4 is 37.8 Å². The first-order valence-electron chi connectivity index (χ1n) is 8.93. The molecular formula is C20H23BrN2O5S. The largest absolute Gasteiger partial charge is 0.452 e. The highest BCUT2D eigenvalue weighted by Gasteiger charge is 2.21. The topological polar surface area (TPSA) is 102 Å². The third kappa shape index (κ3) is 6.66. The minimum atomic E-state index is -3.77. The zero-order chi connectivity index (χ0) is 21.6. The van der Waals surface area contributed by atoms with Crippen LogP contribution in [0.1, 0.15) is 42.7 Å². The number of carbonyl (C=O) groups is 2. The number of esters is 1. The van der Waals surface area contributed by atoms with Gasteiger partial charge in [0.1, 0.15) is 0 Å². The molecule has 0 aliphatic heterocycles. The molecule has 0 unspecified atom stereocenters. The second-order valence-corrected chi connectivity index (χ2v) is 9.26. The van der Waals surface area contributed by atoms with Crippen molar-refractivity contribution in [3.05, 3.63) is 64.1 Å². The van der Waals surface area contributed by atoms with E-state index in [9.17, 15) is 18.0 Å². The van der Waals surface area contributed by atoms with Crippen molar-refractivity contribution in [3.63, 3.8) is 0 Å². The molecule has 1 amide bonds. The van der Waals surface area contributed by atoms with Crippen LogP contribution in [0.4, 0.5) is 0 Å². The molecule has 0 aliphatic rings. The summed E-state index contributed by atoms with van der Waals surface area (Å²) in [5, 5.41) is 2.74. The molecule has 0 bridgehead atoms. The van der Waals surface area contributed by atoms with Gasteiger partial charge in [-0.25, -0.2) is 17.9 Å². The van der Waals surface area contributed by atoms with E-state index in [4.69, 9.17) is 4.74 Å². The first-order valence-corrected chi connectivity index (χ1v) is 11.2. The van der Waals surface area contributed by atoms with E-state index in [0.29, 0.717) is 4.47 Å². The highest BCUT2D eigenvalue weighted by atomic mass is 79.9. The number of sulfonamides is 1. The molecule has 156 valence electrons. The molecule has 0 aliphatic carbocycles. The Hall–Kier alpha value is -2.23. The molecule has 0 radical (unpaired) electrons. The van der Waals surface area contributed by atoms with Gasteiger partial charge in [0.25, 0.3) is 5.91 Å². The lowest BCUT2D eigenvalue weighted by Gasteiger charge is -2.15. The minimum absolute atomic E-state index is 0.0144. The number of amides is 1. The Morgan fingerprint density at radius 1 is 1.07 bits per heavy atom. The predicted octanol–water partition coefficient (Wildman–Crippen LogP) is 3.17. The van der Waals surface area contributed by atoms with E-state index in [0.717, 1.165) is 5.56 Å². The van der Waals surface area contributed by atoms with Crippen molar-refractivity contribution in [1.29, 1.82) is 0 Å². The Bertz CT molecular complexity index is 978. The summed E-state index contributed by atoms with van der Waals surface area (Å²) >= 11 is 3.21. The van der Waals surface area contributed by atoms with Crippen molar-refractivity contribution in [2.24, 2.45) is 0 Å². The monoisotopic (exact) mass is 482 g/mol. The minimum Gasteiger partial charge on any atom is -0.452 e. The number of carbonyl (C=O) groups excluding carboxylic acids is 2. The number of ether oxygens (including phenoxy) is 1. The Morgan fingerprint density at radius 3 is 2.34 bits per heavy atom. The summed E-state index contributed by atoms with van der Waals surface area (Å²) in [7, 11) is -3.77. The van der Waals surface area contributed by atoms with E-state index in [1.165, 1.54) is 18.2 Å². The molecule has 0 heterocycles. The van der Waals surface area contributed by atoms with Crippen molar-refractivity contribution in [1.82, 2.24) is 10.0 Å². The number of rotatable bonds is 8. The van der Waals surface area contributed by atoms with Gasteiger partial charge in [-0.2, -0.15) is 0 Å². The maximum atomic E-state index is 12.4. The summed E-state index contributed by atoms with van der Waals surface area (Å²) in [6.45, 7) is 4.73. The molecule has 1 atom stereocenters. The molecule has 0 fully saturated rings. The molecule has 0 saturated heterocycles. The second kappa shape index (κ2) is 10.00. The molecule has 2 rings (SSSR count). The van der Waals surface area contributed by atoms with Gasteiger partial charge < -0.3 is 10.1 Å². The molecule has 2 aromatic carbocycles. The van der Waals surface area contributed by atoms with Crippen molar-refractivity contribution < 1.29 is 22.7 Å². The summed E-state index contributed by atoms with van der Waals surface area (Å²) in [5.41, 5.74) is 0.936. The Balaban J connectivity index is 2.03. The van der Waals surface area contributed by atoms with Crippen LogP contribution in [0.2, 0.25) is 0 Å². The van der Waals surface area contributed by atoms with E-state index in [1.54, 1.807) is 13.8 Å². The lowest BCUT2D eigenvalue weighted by molar-refractivity contribution is -0.124. The molecule has 7 nitrogen and oxygen atoms in total. The average molecular weight is 483 g/mol. The SMILES string of the molecule is CC(C)NS(=O)(=O)c1ccc(Br)c(C(=O)OCC(=O)N[C@H](C)c2ccccc2)c1. The van der Waals surface area contributed by atoms with Crippen molar-refractivity contribution in [3.8, 4) is 0 Å². The summed E-state index contributed by atoms with van der Waals surface area (Å²) < 4.78 is 32.5. The average Bonchev–Trinajstić information content (AvgIpc) is 2.66. The molecule has 0 saturated carbocycles. The summed E-state index contributed by atoms with van der Waals surface area (Å²) in [4.78, 5) is 24.4. The van der Waals surface area contributed by atoms with Crippen molar-refractivity contribution in [2.75, 3.05) is 6.61 Å². The normalized spacial score (nSPS) is 12.4. The van der Waals surface area contributed by atoms with Gasteiger partial charge in [-0.15, -0.1) is 0 Å². The maximum absolute atomic E-state index is 12.4. The van der Waals surface area contributed by atoms with Crippen LogP contribution < -0.4 is 10.0 Å². The molecule has 2 aromatic rings. The van der Waals surface area contributed by atoms with E-state index in [1.807, 2.05) is 37.3 Å². The van der Waals surface area contributed by atoms with E-state index in [2.05, 4.69) is 26.0 Å². The van der Waals surface area contributed by atoms with Crippen LogP contribution in [0.15, 0.2) is 57.9 Å². The first-order chi connectivity index (χ1) is 13.6. The zero-order valence-corrected chi connectivity index (χ0v) is 18.7. The maximum Gasteiger partial charge on any atom is 0.339 e. The van der Waals surface area contributed by atoms with Gasteiger partial charge in [-0.1, -0.05) is 30.3 Å². The highest BCUT2D eigenvalue weighted by Crippen LogP contribution is 2.22. The fourth-order valence-corrected chi connectivity index (χ4v) is 4.21. The molecule has 0 aromatic heterocycles. The lowest BCUT2D eigenvalue weighted by Crippen LogP contribution is -2.31. The van der Waals surface area contributed by atoms with Gasteiger partial charge in [-0.3, -0.25) is 4.79 Å². The lowest BCUT2D eigenvalue weighted by atomic mass is 10.1. The summed E-state index contributed by atoms with van der Waals surface area (Å²) in [6, 6.07) is 12.9. The van der Waals surface area contributed by atoms with Crippen molar-refractivity contribution in [2.45, 2.75) is 37.8 Å². The van der Waals surface area contributed by atoms with Gasteiger partial charge in [0.2, 0.25) is 10.0 Å². The highest BCUT2D eigenvalue weighted by molar-refractivity contribution is 9.10. The van der Waals surface area contributed by atoms with E-state index >= 15 is 0 Å². The zero-order valence-electron chi connectivity index (χ0n) is 16.3. The number of nitrogens with one attached hydrogen (secondary N) is 2. The van der Waals surface area contributed by atoms with Crippen LogP contribution in [0.3, 0.4) is 0 Å². The van der Waals surface area contributed by atoms with E-state index < -0.39 is 28.5 Å². The molecule has 9 heteroatoms. The fourth-order valence-electron chi connectivity index (χ4n) is 2.52.